The molecule has 1 aliphatic heterocycles. The maximum Gasteiger partial charge on any atom is 0.228 e. The Morgan fingerprint density at radius 2 is 1.42 bits per heavy atom. The molecule has 0 spiro atoms. The lowest BCUT2D eigenvalue weighted by atomic mass is 9.69. The third-order valence-electron chi connectivity index (χ3n) is 5.72. The number of hydrogen-bond donors (Lipinski definition) is 0. The van der Waals surface area contributed by atoms with E-state index in [2.05, 4.69) is 46.4 Å². The molecular formula is C20H38N2O2. The van der Waals surface area contributed by atoms with Crippen molar-refractivity contribution in [2.24, 2.45) is 22.7 Å². The van der Waals surface area contributed by atoms with Gasteiger partial charge in [0.2, 0.25) is 5.91 Å². The summed E-state index contributed by atoms with van der Waals surface area (Å²) in [5.74, 6) is 1.17. The molecule has 0 aromatic rings. The molecular weight excluding hydrogens is 300 g/mol. The van der Waals surface area contributed by atoms with Crippen molar-refractivity contribution in [2.75, 3.05) is 32.7 Å². The second kappa shape index (κ2) is 7.99. The van der Waals surface area contributed by atoms with Crippen LogP contribution in [0, 0.1) is 22.7 Å². The molecule has 1 rings (SSSR count). The van der Waals surface area contributed by atoms with Crippen molar-refractivity contribution >= 4 is 11.7 Å². The van der Waals surface area contributed by atoms with Gasteiger partial charge in [-0.3, -0.25) is 14.5 Å². The zero-order valence-electron chi connectivity index (χ0n) is 17.1. The number of nitrogens with zero attached hydrogens (tertiary/aromatic N) is 2. The molecule has 0 bridgehead atoms. The van der Waals surface area contributed by atoms with Crippen LogP contribution in [0.1, 0.15) is 61.8 Å². The lowest BCUT2D eigenvalue weighted by Crippen LogP contribution is -2.53. The minimum atomic E-state index is -0.344. The molecule has 24 heavy (non-hydrogen) atoms. The highest BCUT2D eigenvalue weighted by Gasteiger charge is 2.39. The highest BCUT2D eigenvalue weighted by Crippen LogP contribution is 2.40. The van der Waals surface area contributed by atoms with Crippen molar-refractivity contribution in [2.45, 2.75) is 61.8 Å². The summed E-state index contributed by atoms with van der Waals surface area (Å²) in [6.07, 6.45) is 0.891. The predicted octanol–water partition coefficient (Wildman–Crippen LogP) is 3.45. The van der Waals surface area contributed by atoms with E-state index in [4.69, 9.17) is 0 Å². The van der Waals surface area contributed by atoms with Gasteiger partial charge in [-0.25, -0.2) is 0 Å². The molecule has 0 aromatic carbocycles. The molecule has 1 heterocycles. The molecule has 140 valence electrons. The van der Waals surface area contributed by atoms with Gasteiger partial charge in [-0.2, -0.15) is 0 Å². The first-order valence-corrected chi connectivity index (χ1v) is 9.41. The van der Waals surface area contributed by atoms with Crippen LogP contribution < -0.4 is 0 Å². The van der Waals surface area contributed by atoms with Gasteiger partial charge >= 0.3 is 0 Å². The van der Waals surface area contributed by atoms with E-state index >= 15 is 0 Å². The van der Waals surface area contributed by atoms with Gasteiger partial charge in [0.05, 0.1) is 6.54 Å². The van der Waals surface area contributed by atoms with Gasteiger partial charge < -0.3 is 4.90 Å². The van der Waals surface area contributed by atoms with Crippen molar-refractivity contribution in [1.82, 2.24) is 9.80 Å². The molecule has 1 amide bonds. The fraction of sp³-hybridized carbons (Fsp3) is 0.900. The summed E-state index contributed by atoms with van der Waals surface area (Å²) in [6, 6.07) is 0. The van der Waals surface area contributed by atoms with Crippen molar-refractivity contribution < 1.29 is 9.59 Å². The van der Waals surface area contributed by atoms with Crippen LogP contribution in [-0.2, 0) is 9.59 Å². The molecule has 1 aliphatic rings. The zero-order chi connectivity index (χ0) is 18.7. The normalized spacial score (nSPS) is 17.7. The molecule has 4 heteroatoms. The number of carbonyl (C=O) groups excluding carboxylic acids is 2. The minimum absolute atomic E-state index is 0.0851. The summed E-state index contributed by atoms with van der Waals surface area (Å²) in [5, 5.41) is 0. The van der Waals surface area contributed by atoms with E-state index in [0.29, 0.717) is 12.5 Å². The first-order valence-electron chi connectivity index (χ1n) is 9.41. The molecule has 4 nitrogen and oxygen atoms in total. The molecule has 0 atom stereocenters. The fourth-order valence-electron chi connectivity index (χ4n) is 3.36. The first kappa shape index (κ1) is 21.1. The van der Waals surface area contributed by atoms with Crippen LogP contribution in [0.2, 0.25) is 0 Å². The molecule has 0 radical (unpaired) electrons. The second-order valence-electron chi connectivity index (χ2n) is 9.39. The number of rotatable bonds is 7. The summed E-state index contributed by atoms with van der Waals surface area (Å²) >= 11 is 0. The van der Waals surface area contributed by atoms with Gasteiger partial charge in [-0.05, 0) is 17.8 Å². The monoisotopic (exact) mass is 338 g/mol. The van der Waals surface area contributed by atoms with Gasteiger partial charge in [0.25, 0.3) is 0 Å². The molecule has 0 unspecified atom stereocenters. The van der Waals surface area contributed by atoms with E-state index in [1.807, 2.05) is 18.7 Å². The third kappa shape index (κ3) is 5.58. The molecule has 1 fully saturated rings. The Bertz CT molecular complexity index is 445. The number of ketones is 1. The Hall–Kier alpha value is -0.900. The Labute approximate surface area is 149 Å². The summed E-state index contributed by atoms with van der Waals surface area (Å²) in [4.78, 5) is 29.1. The van der Waals surface area contributed by atoms with Crippen LogP contribution >= 0.6 is 0 Å². The molecule has 0 aromatic heterocycles. The maximum atomic E-state index is 13.0. The average molecular weight is 339 g/mol. The highest BCUT2D eigenvalue weighted by molar-refractivity contribution is 5.83. The van der Waals surface area contributed by atoms with Gasteiger partial charge in [-0.1, -0.05) is 55.4 Å². The average Bonchev–Trinajstić information content (AvgIpc) is 2.45. The lowest BCUT2D eigenvalue weighted by molar-refractivity contribution is -0.144. The maximum absolute atomic E-state index is 13.0. The second-order valence-corrected chi connectivity index (χ2v) is 9.39. The van der Waals surface area contributed by atoms with E-state index < -0.39 is 0 Å². The minimum Gasteiger partial charge on any atom is -0.340 e. The van der Waals surface area contributed by atoms with Crippen LogP contribution in [-0.4, -0.2) is 54.2 Å². The van der Waals surface area contributed by atoms with Gasteiger partial charge in [0.1, 0.15) is 5.78 Å². The van der Waals surface area contributed by atoms with E-state index in [9.17, 15) is 9.59 Å². The largest absolute Gasteiger partial charge is 0.340 e. The van der Waals surface area contributed by atoms with Crippen LogP contribution in [0.4, 0.5) is 0 Å². The number of amides is 1. The predicted molar refractivity (Wildman–Crippen MR) is 99.9 cm³/mol. The Balaban J connectivity index is 2.60. The van der Waals surface area contributed by atoms with E-state index in [-0.39, 0.29) is 28.4 Å². The SMILES string of the molecule is CC(C)C(=O)CN1CCN(C(=O)C(C)(C)CC(C)(C)C(C)C)CC1. The van der Waals surface area contributed by atoms with Crippen molar-refractivity contribution in [3.05, 3.63) is 0 Å². The number of Topliss-reactive ketones (excluding diaryl/α,β-unsaturated/α-hetero) is 1. The summed E-state index contributed by atoms with van der Waals surface area (Å²) in [6.45, 7) is 20.6. The standard InChI is InChI=1S/C20H38N2O2/c1-15(2)17(23)13-21-9-11-22(12-10-21)18(24)20(7,8)14-19(5,6)16(3)4/h15-16H,9-14H2,1-8H3. The van der Waals surface area contributed by atoms with E-state index in [0.717, 1.165) is 32.6 Å². The van der Waals surface area contributed by atoms with Crippen LogP contribution in [0.3, 0.4) is 0 Å². The smallest absolute Gasteiger partial charge is 0.228 e. The number of hydrogen-bond acceptors (Lipinski definition) is 3. The highest BCUT2D eigenvalue weighted by atomic mass is 16.2. The Morgan fingerprint density at radius 3 is 1.83 bits per heavy atom. The van der Waals surface area contributed by atoms with Gasteiger partial charge in [-0.15, -0.1) is 0 Å². The first-order chi connectivity index (χ1) is 10.9. The Kier molecular flexibility index (Phi) is 7.04. The number of carbonyl (C=O) groups is 2. The molecule has 0 N–H and O–H groups in total. The zero-order valence-corrected chi connectivity index (χ0v) is 17.1. The quantitative estimate of drug-likeness (QED) is 0.714. The van der Waals surface area contributed by atoms with E-state index in [1.54, 1.807) is 0 Å². The number of piperazine rings is 1. The molecule has 1 saturated heterocycles. The van der Waals surface area contributed by atoms with Crippen molar-refractivity contribution in [3.63, 3.8) is 0 Å². The Morgan fingerprint density at radius 1 is 0.917 bits per heavy atom. The fourth-order valence-corrected chi connectivity index (χ4v) is 3.36. The van der Waals surface area contributed by atoms with Crippen LogP contribution in [0.15, 0.2) is 0 Å². The topological polar surface area (TPSA) is 40.6 Å². The molecule has 0 aliphatic carbocycles. The van der Waals surface area contributed by atoms with Crippen LogP contribution in [0.5, 0.6) is 0 Å². The lowest BCUT2D eigenvalue weighted by Gasteiger charge is -2.42. The van der Waals surface area contributed by atoms with Crippen molar-refractivity contribution in [3.8, 4) is 0 Å². The van der Waals surface area contributed by atoms with E-state index in [1.165, 1.54) is 0 Å². The summed E-state index contributed by atoms with van der Waals surface area (Å²) in [5.41, 5.74) is -0.200. The third-order valence-corrected chi connectivity index (χ3v) is 5.72. The summed E-state index contributed by atoms with van der Waals surface area (Å²) < 4.78 is 0. The van der Waals surface area contributed by atoms with Crippen molar-refractivity contribution in [1.29, 1.82) is 0 Å². The summed E-state index contributed by atoms with van der Waals surface area (Å²) in [7, 11) is 0. The molecule has 0 saturated carbocycles. The van der Waals surface area contributed by atoms with Crippen LogP contribution in [0.25, 0.3) is 0 Å². The van der Waals surface area contributed by atoms with Gasteiger partial charge in [0.15, 0.2) is 0 Å². The van der Waals surface area contributed by atoms with Gasteiger partial charge in [0, 0.05) is 37.5 Å².